The molecule has 1 aromatic heterocycles. The summed E-state index contributed by atoms with van der Waals surface area (Å²) in [5, 5.41) is 12.5. The number of ketones is 1. The summed E-state index contributed by atoms with van der Waals surface area (Å²) >= 11 is 0. The van der Waals surface area contributed by atoms with Gasteiger partial charge < -0.3 is 16.2 Å². The number of halogens is 1. The third-order valence-corrected chi connectivity index (χ3v) is 6.37. The number of aliphatic hydroxyl groups excluding tert-OH is 1. The SMILES string of the molecule is CC/C=C(/O)c1ccc(N)cn1.CCCCCCC(C)C.CCNc1cc(F)cc(C(C)(C)C(C)=O)c1C. The summed E-state index contributed by atoms with van der Waals surface area (Å²) in [5.74, 6) is 0.837. The van der Waals surface area contributed by atoms with Crippen LogP contribution in [0.2, 0.25) is 0 Å². The number of hydrogen-bond acceptors (Lipinski definition) is 5. The Balaban J connectivity index is 0.000000572. The second-order valence-electron chi connectivity index (χ2n) is 10.6. The molecule has 0 aliphatic rings. The molecule has 0 atom stereocenters. The molecule has 0 aliphatic carbocycles. The number of aromatic nitrogens is 1. The predicted molar refractivity (Wildman–Crippen MR) is 162 cm³/mol. The molecule has 2 aromatic rings. The standard InChI is InChI=1S/C14H20FNO.C9H12N2O.C9H20/c1-6-16-13-8-11(15)7-12(9(13)2)14(4,5)10(3)17;1-2-3-9(12)8-5-4-7(10)6-11-8;1-4-5-6-7-8-9(2)3/h7-8,16H,6H2,1-5H3;3-6,12H,2,10H2,1H3;9H,4-8H2,1-3H3/b;9-3+;. The molecule has 0 fully saturated rings. The summed E-state index contributed by atoms with van der Waals surface area (Å²) in [7, 11) is 0. The van der Waals surface area contributed by atoms with Crippen molar-refractivity contribution in [3.8, 4) is 0 Å². The highest BCUT2D eigenvalue weighted by Gasteiger charge is 2.29. The highest BCUT2D eigenvalue weighted by atomic mass is 19.1. The number of benzene rings is 1. The Labute approximate surface area is 231 Å². The number of aliphatic hydroxyl groups is 1. The normalized spacial score (nSPS) is 11.3. The van der Waals surface area contributed by atoms with E-state index in [1.54, 1.807) is 18.2 Å². The summed E-state index contributed by atoms with van der Waals surface area (Å²) in [6.45, 7) is 18.6. The minimum Gasteiger partial charge on any atom is -0.506 e. The van der Waals surface area contributed by atoms with Crippen molar-refractivity contribution in [3.05, 3.63) is 59.2 Å². The number of hydrogen-bond donors (Lipinski definition) is 3. The molecule has 4 N–H and O–H groups in total. The lowest BCUT2D eigenvalue weighted by Gasteiger charge is -2.25. The first-order chi connectivity index (χ1) is 17.8. The fourth-order valence-electron chi connectivity index (χ4n) is 3.73. The van der Waals surface area contributed by atoms with Crippen molar-refractivity contribution >= 4 is 22.9 Å². The third-order valence-electron chi connectivity index (χ3n) is 6.37. The van der Waals surface area contributed by atoms with Gasteiger partial charge in [-0.1, -0.05) is 59.8 Å². The van der Waals surface area contributed by atoms with Crippen LogP contribution in [0.1, 0.15) is 111 Å². The fourth-order valence-corrected chi connectivity index (χ4v) is 3.73. The number of nitrogens with two attached hydrogens (primary N) is 1. The fraction of sp³-hybridized carbons (Fsp3) is 0.562. The van der Waals surface area contributed by atoms with Crippen LogP contribution in [0.5, 0.6) is 0 Å². The molecule has 6 heteroatoms. The first-order valence-electron chi connectivity index (χ1n) is 14.0. The van der Waals surface area contributed by atoms with Crippen LogP contribution in [0.4, 0.5) is 15.8 Å². The van der Waals surface area contributed by atoms with E-state index in [0.29, 0.717) is 11.4 Å². The van der Waals surface area contributed by atoms with Gasteiger partial charge in [-0.15, -0.1) is 0 Å². The maximum Gasteiger partial charge on any atom is 0.139 e. The Bertz CT molecular complexity index is 983. The van der Waals surface area contributed by atoms with E-state index in [4.69, 9.17) is 5.73 Å². The monoisotopic (exact) mass is 529 g/mol. The molecule has 5 nitrogen and oxygen atoms in total. The molecule has 0 saturated carbocycles. The van der Waals surface area contributed by atoms with Crippen LogP contribution < -0.4 is 11.1 Å². The van der Waals surface area contributed by atoms with E-state index in [-0.39, 0.29) is 17.4 Å². The number of anilines is 2. The zero-order chi connectivity index (χ0) is 29.3. The van der Waals surface area contributed by atoms with Crippen LogP contribution in [0.15, 0.2) is 36.5 Å². The highest BCUT2D eigenvalue weighted by Crippen LogP contribution is 2.32. The van der Waals surface area contributed by atoms with Crippen molar-refractivity contribution in [1.29, 1.82) is 0 Å². The molecule has 0 amide bonds. The number of nitrogens with one attached hydrogen (secondary N) is 1. The second kappa shape index (κ2) is 18.4. The molecule has 0 unspecified atom stereocenters. The van der Waals surface area contributed by atoms with Gasteiger partial charge in [0.15, 0.2) is 0 Å². The van der Waals surface area contributed by atoms with Crippen molar-refractivity contribution in [3.63, 3.8) is 0 Å². The van der Waals surface area contributed by atoms with E-state index in [1.165, 1.54) is 57.4 Å². The number of carbonyl (C=O) groups is 1. The summed E-state index contributed by atoms with van der Waals surface area (Å²) in [6, 6.07) is 6.33. The Morgan fingerprint density at radius 1 is 1.16 bits per heavy atom. The predicted octanol–water partition coefficient (Wildman–Crippen LogP) is 9.02. The number of nitrogen functional groups attached to an aromatic ring is 1. The second-order valence-corrected chi connectivity index (χ2v) is 10.6. The van der Waals surface area contributed by atoms with Crippen molar-refractivity contribution < 1.29 is 14.3 Å². The molecular weight excluding hydrogens is 477 g/mol. The van der Waals surface area contributed by atoms with E-state index in [0.717, 1.165) is 35.7 Å². The molecule has 0 radical (unpaired) electrons. The van der Waals surface area contributed by atoms with Gasteiger partial charge in [0.05, 0.1) is 11.9 Å². The van der Waals surface area contributed by atoms with Crippen molar-refractivity contribution in [2.45, 2.75) is 106 Å². The van der Waals surface area contributed by atoms with Crippen molar-refractivity contribution in [1.82, 2.24) is 4.98 Å². The zero-order valence-electron chi connectivity index (χ0n) is 25.2. The first-order valence-corrected chi connectivity index (χ1v) is 14.0. The third kappa shape index (κ3) is 13.1. The van der Waals surface area contributed by atoms with Gasteiger partial charge in [-0.05, 0) is 88.4 Å². The van der Waals surface area contributed by atoms with E-state index < -0.39 is 5.41 Å². The van der Waals surface area contributed by atoms with Gasteiger partial charge in [-0.2, -0.15) is 0 Å². The van der Waals surface area contributed by atoms with E-state index >= 15 is 0 Å². The molecule has 0 aliphatic heterocycles. The molecule has 214 valence electrons. The van der Waals surface area contributed by atoms with Gasteiger partial charge in [-0.25, -0.2) is 4.39 Å². The molecule has 0 bridgehead atoms. The van der Waals surface area contributed by atoms with Gasteiger partial charge in [-0.3, -0.25) is 9.78 Å². The Kier molecular flexibility index (Phi) is 17.0. The molecule has 0 spiro atoms. The van der Waals surface area contributed by atoms with E-state index in [2.05, 4.69) is 31.1 Å². The quantitative estimate of drug-likeness (QED) is 0.200. The Morgan fingerprint density at radius 3 is 2.29 bits per heavy atom. The van der Waals surface area contributed by atoms with Crippen LogP contribution in [-0.4, -0.2) is 22.4 Å². The number of rotatable bonds is 11. The van der Waals surface area contributed by atoms with Crippen LogP contribution in [0.3, 0.4) is 0 Å². The van der Waals surface area contributed by atoms with Gasteiger partial charge in [0.25, 0.3) is 0 Å². The lowest BCUT2D eigenvalue weighted by molar-refractivity contribution is -0.121. The molecule has 1 heterocycles. The van der Waals surface area contributed by atoms with Crippen molar-refractivity contribution in [2.75, 3.05) is 17.6 Å². The van der Waals surface area contributed by atoms with Gasteiger partial charge in [0, 0.05) is 17.6 Å². The van der Waals surface area contributed by atoms with Crippen LogP contribution in [0.25, 0.3) is 5.76 Å². The molecule has 2 rings (SSSR count). The molecule has 1 aromatic carbocycles. The minimum atomic E-state index is -0.656. The summed E-state index contributed by atoms with van der Waals surface area (Å²) in [6.07, 6.45) is 11.1. The van der Waals surface area contributed by atoms with Gasteiger partial charge in [0.2, 0.25) is 0 Å². The highest BCUT2D eigenvalue weighted by molar-refractivity contribution is 5.88. The number of nitrogens with zero attached hydrogens (tertiary/aromatic N) is 1. The van der Waals surface area contributed by atoms with E-state index in [9.17, 15) is 14.3 Å². The largest absolute Gasteiger partial charge is 0.506 e. The van der Waals surface area contributed by atoms with Crippen LogP contribution >= 0.6 is 0 Å². The Morgan fingerprint density at radius 2 is 1.82 bits per heavy atom. The van der Waals surface area contributed by atoms with Crippen molar-refractivity contribution in [2.24, 2.45) is 5.92 Å². The number of Topliss-reactive ketones (excluding diaryl/α,β-unsaturated/α-hetero) is 1. The number of unbranched alkanes of at least 4 members (excludes halogenated alkanes) is 3. The average molecular weight is 530 g/mol. The molecular formula is C32H52FN3O2. The summed E-state index contributed by atoms with van der Waals surface area (Å²) in [5.41, 5.74) is 8.39. The maximum atomic E-state index is 13.6. The van der Waals surface area contributed by atoms with Gasteiger partial charge in [0.1, 0.15) is 23.1 Å². The lowest BCUT2D eigenvalue weighted by atomic mass is 9.78. The first kappa shape index (κ1) is 35.1. The maximum absolute atomic E-state index is 13.6. The molecule has 38 heavy (non-hydrogen) atoms. The zero-order valence-corrected chi connectivity index (χ0v) is 25.2. The van der Waals surface area contributed by atoms with E-state index in [1.807, 2.05) is 34.6 Å². The Hall–Kier alpha value is -2.89. The number of pyridine rings is 1. The lowest BCUT2D eigenvalue weighted by Crippen LogP contribution is -2.28. The van der Waals surface area contributed by atoms with Crippen LogP contribution in [-0.2, 0) is 10.2 Å². The smallest absolute Gasteiger partial charge is 0.139 e. The van der Waals surface area contributed by atoms with Gasteiger partial charge >= 0.3 is 0 Å². The average Bonchev–Trinajstić information content (AvgIpc) is 2.85. The number of allylic oxidation sites excluding steroid dienone is 1. The topological polar surface area (TPSA) is 88.2 Å². The summed E-state index contributed by atoms with van der Waals surface area (Å²) < 4.78 is 13.6. The minimum absolute atomic E-state index is 0.0358. The van der Waals surface area contributed by atoms with Crippen LogP contribution in [0, 0.1) is 18.7 Å². The number of carbonyl (C=O) groups excluding carboxylic acids is 1. The summed E-state index contributed by atoms with van der Waals surface area (Å²) in [4.78, 5) is 15.6. The molecule has 0 saturated heterocycles.